The third kappa shape index (κ3) is 3.85. The first-order valence-corrected chi connectivity index (χ1v) is 5.83. The zero-order valence-corrected chi connectivity index (χ0v) is 10.5. The molecule has 0 aromatic carbocycles. The lowest BCUT2D eigenvalue weighted by Crippen LogP contribution is -2.30. The average molecular weight is 243 g/mol. The standard InChI is InChI=1S/C12H19NO4.H2/c1-4-16-12(15)11(13-7-14)10-5-8(2)17-9(3)6-10;/h7-9H,4-6H2,1-3H3,(H,13,14);1H/t8-,9-;/m1./s1. The van der Waals surface area contributed by atoms with Gasteiger partial charge >= 0.3 is 5.97 Å². The molecule has 0 bridgehead atoms. The molecule has 1 amide bonds. The van der Waals surface area contributed by atoms with Crippen LogP contribution in [-0.2, 0) is 19.1 Å². The van der Waals surface area contributed by atoms with Gasteiger partial charge in [-0.3, -0.25) is 4.79 Å². The minimum absolute atomic E-state index is 0. The zero-order chi connectivity index (χ0) is 12.8. The molecular formula is C12H21NO4. The molecule has 0 saturated carbocycles. The van der Waals surface area contributed by atoms with Crippen molar-refractivity contribution < 1.29 is 20.5 Å². The SMILES string of the molecule is CCOC(=O)C(NC=O)=C1C[C@@H](C)O[C@H](C)C1.[HH]. The van der Waals surface area contributed by atoms with E-state index in [1.54, 1.807) is 6.92 Å². The number of amides is 1. The van der Waals surface area contributed by atoms with Crippen molar-refractivity contribution in [3.05, 3.63) is 11.3 Å². The minimum Gasteiger partial charge on any atom is -0.461 e. The summed E-state index contributed by atoms with van der Waals surface area (Å²) in [4.78, 5) is 22.2. The molecule has 0 radical (unpaired) electrons. The minimum atomic E-state index is -0.476. The fourth-order valence-corrected chi connectivity index (χ4v) is 2.04. The molecule has 1 heterocycles. The van der Waals surface area contributed by atoms with Crippen molar-refractivity contribution in [2.24, 2.45) is 0 Å². The fraction of sp³-hybridized carbons (Fsp3) is 0.667. The van der Waals surface area contributed by atoms with Crippen molar-refractivity contribution in [3.8, 4) is 0 Å². The van der Waals surface area contributed by atoms with Crippen LogP contribution in [0, 0.1) is 0 Å². The van der Waals surface area contributed by atoms with Crippen LogP contribution in [0.1, 0.15) is 35.0 Å². The Morgan fingerprint density at radius 1 is 1.53 bits per heavy atom. The van der Waals surface area contributed by atoms with E-state index in [9.17, 15) is 9.59 Å². The molecule has 0 aromatic rings. The first-order valence-electron chi connectivity index (χ1n) is 5.83. The van der Waals surface area contributed by atoms with Gasteiger partial charge in [-0.05, 0) is 39.2 Å². The molecule has 1 rings (SSSR count). The second kappa shape index (κ2) is 6.39. The Kier molecular flexibility index (Phi) is 5.15. The number of ether oxygens (including phenoxy) is 2. The lowest BCUT2D eigenvalue weighted by Gasteiger charge is -2.28. The maximum absolute atomic E-state index is 11.7. The lowest BCUT2D eigenvalue weighted by atomic mass is 9.97. The highest BCUT2D eigenvalue weighted by atomic mass is 16.5. The molecule has 1 N–H and O–H groups in total. The molecular weight excluding hydrogens is 222 g/mol. The zero-order valence-electron chi connectivity index (χ0n) is 10.5. The van der Waals surface area contributed by atoms with Crippen LogP contribution >= 0.6 is 0 Å². The molecule has 1 saturated heterocycles. The summed E-state index contributed by atoms with van der Waals surface area (Å²) in [7, 11) is 0. The summed E-state index contributed by atoms with van der Waals surface area (Å²) in [6, 6.07) is 0. The van der Waals surface area contributed by atoms with E-state index in [1.807, 2.05) is 13.8 Å². The Hall–Kier alpha value is -1.36. The van der Waals surface area contributed by atoms with Gasteiger partial charge in [0.1, 0.15) is 5.70 Å². The van der Waals surface area contributed by atoms with E-state index in [2.05, 4.69) is 5.32 Å². The maximum Gasteiger partial charge on any atom is 0.354 e. The molecule has 2 atom stereocenters. The number of esters is 1. The van der Waals surface area contributed by atoms with Gasteiger partial charge < -0.3 is 14.8 Å². The quantitative estimate of drug-likeness (QED) is 0.460. The Balaban J connectivity index is 0.00000289. The van der Waals surface area contributed by atoms with Gasteiger partial charge in [0, 0.05) is 1.43 Å². The highest BCUT2D eigenvalue weighted by molar-refractivity contribution is 5.91. The molecule has 0 aromatic heterocycles. The monoisotopic (exact) mass is 243 g/mol. The highest BCUT2D eigenvalue weighted by Crippen LogP contribution is 2.26. The number of hydrogen-bond acceptors (Lipinski definition) is 4. The van der Waals surface area contributed by atoms with Crippen LogP contribution in [0.2, 0.25) is 0 Å². The van der Waals surface area contributed by atoms with Crippen molar-refractivity contribution in [3.63, 3.8) is 0 Å². The number of carbonyl (C=O) groups excluding carboxylic acids is 2. The Bertz CT molecular complexity index is 318. The Morgan fingerprint density at radius 2 is 2.12 bits per heavy atom. The first kappa shape index (κ1) is 13.7. The molecule has 98 valence electrons. The smallest absolute Gasteiger partial charge is 0.354 e. The van der Waals surface area contributed by atoms with E-state index in [-0.39, 0.29) is 25.9 Å². The molecule has 5 nitrogen and oxygen atoms in total. The molecule has 0 unspecified atom stereocenters. The number of rotatable bonds is 4. The van der Waals surface area contributed by atoms with Gasteiger partial charge in [-0.1, -0.05) is 0 Å². The van der Waals surface area contributed by atoms with Crippen molar-refractivity contribution >= 4 is 12.4 Å². The Labute approximate surface area is 103 Å². The van der Waals surface area contributed by atoms with Gasteiger partial charge in [-0.25, -0.2) is 4.79 Å². The highest BCUT2D eigenvalue weighted by Gasteiger charge is 2.25. The van der Waals surface area contributed by atoms with Gasteiger partial charge in [0.25, 0.3) is 0 Å². The van der Waals surface area contributed by atoms with Crippen LogP contribution in [0.5, 0.6) is 0 Å². The van der Waals surface area contributed by atoms with Crippen LogP contribution in [-0.4, -0.2) is 31.2 Å². The molecule has 5 heteroatoms. The van der Waals surface area contributed by atoms with E-state index in [0.29, 0.717) is 19.3 Å². The summed E-state index contributed by atoms with van der Waals surface area (Å²) in [5, 5.41) is 2.45. The molecule has 1 aliphatic rings. The van der Waals surface area contributed by atoms with Crippen LogP contribution < -0.4 is 5.32 Å². The van der Waals surface area contributed by atoms with Crippen molar-refractivity contribution in [1.82, 2.24) is 5.32 Å². The number of nitrogens with one attached hydrogen (secondary N) is 1. The predicted molar refractivity (Wildman–Crippen MR) is 64.2 cm³/mol. The second-order valence-electron chi connectivity index (χ2n) is 4.13. The van der Waals surface area contributed by atoms with E-state index >= 15 is 0 Å². The van der Waals surface area contributed by atoms with Crippen LogP contribution in [0.15, 0.2) is 11.3 Å². The van der Waals surface area contributed by atoms with Crippen molar-refractivity contribution in [2.45, 2.75) is 45.8 Å². The number of carbonyl (C=O) groups is 2. The van der Waals surface area contributed by atoms with Gasteiger partial charge in [0.15, 0.2) is 0 Å². The van der Waals surface area contributed by atoms with E-state index in [1.165, 1.54) is 0 Å². The summed E-state index contributed by atoms with van der Waals surface area (Å²) in [5.74, 6) is -0.476. The molecule has 1 aliphatic heterocycles. The number of hydrogen-bond donors (Lipinski definition) is 1. The van der Waals surface area contributed by atoms with Crippen LogP contribution in [0.25, 0.3) is 0 Å². The summed E-state index contributed by atoms with van der Waals surface area (Å²) in [5.41, 5.74) is 1.16. The molecule has 0 spiro atoms. The largest absolute Gasteiger partial charge is 0.461 e. The maximum atomic E-state index is 11.7. The third-order valence-electron chi connectivity index (χ3n) is 2.57. The first-order chi connectivity index (χ1) is 8.08. The normalized spacial score (nSPS) is 24.1. The average Bonchev–Trinajstić information content (AvgIpc) is 2.24. The summed E-state index contributed by atoms with van der Waals surface area (Å²) in [6.45, 7) is 5.91. The van der Waals surface area contributed by atoms with E-state index in [4.69, 9.17) is 9.47 Å². The topological polar surface area (TPSA) is 64.6 Å². The van der Waals surface area contributed by atoms with Gasteiger partial charge in [-0.2, -0.15) is 0 Å². The summed E-state index contributed by atoms with van der Waals surface area (Å²) >= 11 is 0. The van der Waals surface area contributed by atoms with Crippen molar-refractivity contribution in [2.75, 3.05) is 6.61 Å². The van der Waals surface area contributed by atoms with Gasteiger partial charge in [-0.15, -0.1) is 0 Å². The predicted octanol–water partition coefficient (Wildman–Crippen LogP) is 1.38. The van der Waals surface area contributed by atoms with Gasteiger partial charge in [0.05, 0.1) is 18.8 Å². The summed E-state index contributed by atoms with van der Waals surface area (Å²) in [6.07, 6.45) is 1.88. The summed E-state index contributed by atoms with van der Waals surface area (Å²) < 4.78 is 10.5. The van der Waals surface area contributed by atoms with E-state index < -0.39 is 5.97 Å². The molecule has 0 aliphatic carbocycles. The lowest BCUT2D eigenvalue weighted by molar-refractivity contribution is -0.139. The molecule has 17 heavy (non-hydrogen) atoms. The van der Waals surface area contributed by atoms with E-state index in [0.717, 1.165) is 5.57 Å². The fourth-order valence-electron chi connectivity index (χ4n) is 2.04. The van der Waals surface area contributed by atoms with Crippen LogP contribution in [0.4, 0.5) is 0 Å². The second-order valence-corrected chi connectivity index (χ2v) is 4.13. The third-order valence-corrected chi connectivity index (χ3v) is 2.57. The van der Waals surface area contributed by atoms with Crippen LogP contribution in [0.3, 0.4) is 0 Å². The van der Waals surface area contributed by atoms with Crippen molar-refractivity contribution in [1.29, 1.82) is 0 Å². The Morgan fingerprint density at radius 3 is 2.59 bits per heavy atom. The molecule has 1 fully saturated rings. The van der Waals surface area contributed by atoms with Gasteiger partial charge in [0.2, 0.25) is 6.41 Å².